The molecule has 0 spiro atoms. The molecule has 134 valence electrons. The highest BCUT2D eigenvalue weighted by Gasteiger charge is 2.18. The fourth-order valence-corrected chi connectivity index (χ4v) is 2.02. The molecule has 1 aromatic heterocycles. The van der Waals surface area contributed by atoms with Crippen molar-refractivity contribution in [2.45, 2.75) is 46.5 Å². The Hall–Kier alpha value is -2.38. The number of nitrogens with zero attached hydrogens (tertiary/aromatic N) is 2. The zero-order valence-corrected chi connectivity index (χ0v) is 14.5. The molecule has 2 amide bonds. The smallest absolute Gasteiger partial charge is 0.306 e. The summed E-state index contributed by atoms with van der Waals surface area (Å²) in [7, 11) is 0. The third-order valence-electron chi connectivity index (χ3n) is 3.21. The number of aromatic nitrogens is 1. The second-order valence-corrected chi connectivity index (χ2v) is 5.34. The minimum absolute atomic E-state index is 0.0133. The van der Waals surface area contributed by atoms with Crippen molar-refractivity contribution in [3.8, 4) is 0 Å². The van der Waals surface area contributed by atoms with Crippen molar-refractivity contribution < 1.29 is 23.6 Å². The van der Waals surface area contributed by atoms with Crippen molar-refractivity contribution in [3.63, 3.8) is 0 Å². The van der Waals surface area contributed by atoms with E-state index in [0.717, 1.165) is 12.8 Å². The molecule has 0 aliphatic rings. The van der Waals surface area contributed by atoms with Gasteiger partial charge in [-0.1, -0.05) is 18.5 Å². The van der Waals surface area contributed by atoms with E-state index in [9.17, 15) is 14.4 Å². The molecule has 0 aliphatic heterocycles. The summed E-state index contributed by atoms with van der Waals surface area (Å²) in [6.45, 7) is 6.08. The van der Waals surface area contributed by atoms with E-state index in [1.54, 1.807) is 19.9 Å². The minimum atomic E-state index is -0.413. The Labute approximate surface area is 141 Å². The Bertz CT molecular complexity index is 556. The summed E-state index contributed by atoms with van der Waals surface area (Å²) in [5.41, 5.74) is 0. The van der Waals surface area contributed by atoms with Crippen LogP contribution in [0.1, 0.15) is 45.3 Å². The van der Waals surface area contributed by atoms with E-state index in [1.807, 2.05) is 6.92 Å². The fraction of sp³-hybridized carbons (Fsp3) is 0.625. The van der Waals surface area contributed by atoms with Gasteiger partial charge in [-0.25, -0.2) is 0 Å². The van der Waals surface area contributed by atoms with Crippen LogP contribution in [0.2, 0.25) is 0 Å². The molecule has 8 heteroatoms. The molecule has 1 rings (SSSR count). The van der Waals surface area contributed by atoms with Gasteiger partial charge >= 0.3 is 5.97 Å². The van der Waals surface area contributed by atoms with Crippen LogP contribution in [-0.2, 0) is 19.1 Å². The number of rotatable bonds is 10. The predicted molar refractivity (Wildman–Crippen MR) is 87.2 cm³/mol. The molecule has 1 N–H and O–H groups in total. The first-order chi connectivity index (χ1) is 11.5. The second kappa shape index (κ2) is 10.4. The van der Waals surface area contributed by atoms with Crippen LogP contribution in [0.15, 0.2) is 10.6 Å². The maximum absolute atomic E-state index is 12.3. The Morgan fingerprint density at radius 1 is 1.29 bits per heavy atom. The molecule has 0 aromatic carbocycles. The summed E-state index contributed by atoms with van der Waals surface area (Å²) in [6.07, 6.45) is 1.71. The standard InChI is InChI=1S/C16H25N3O5/c1-4-6-9-19(15(21)7-8-16(22)23-5-2)11-14(20)17-13-10-12(3)24-18-13/h10H,4-9,11H2,1-3H3,(H,17,18,20). The lowest BCUT2D eigenvalue weighted by Crippen LogP contribution is -2.38. The lowest BCUT2D eigenvalue weighted by molar-refractivity contribution is -0.145. The van der Waals surface area contributed by atoms with Gasteiger partial charge in [0.25, 0.3) is 0 Å². The molecule has 1 heterocycles. The van der Waals surface area contributed by atoms with E-state index >= 15 is 0 Å². The van der Waals surface area contributed by atoms with Crippen LogP contribution >= 0.6 is 0 Å². The highest BCUT2D eigenvalue weighted by Crippen LogP contribution is 2.08. The summed E-state index contributed by atoms with van der Waals surface area (Å²) < 4.78 is 9.68. The Balaban J connectivity index is 2.54. The molecule has 0 fully saturated rings. The number of carbonyl (C=O) groups is 3. The summed E-state index contributed by atoms with van der Waals surface area (Å²) in [5.74, 6) is -0.124. The number of hydrogen-bond donors (Lipinski definition) is 1. The highest BCUT2D eigenvalue weighted by molar-refractivity contribution is 5.94. The molecule has 0 saturated heterocycles. The number of anilines is 1. The molecule has 8 nitrogen and oxygen atoms in total. The van der Waals surface area contributed by atoms with E-state index in [1.165, 1.54) is 4.90 Å². The van der Waals surface area contributed by atoms with Crippen LogP contribution in [0.4, 0.5) is 5.82 Å². The normalized spacial score (nSPS) is 10.3. The molecular formula is C16H25N3O5. The summed E-state index contributed by atoms with van der Waals surface area (Å²) >= 11 is 0. The zero-order chi connectivity index (χ0) is 17.9. The molecule has 0 bridgehead atoms. The first kappa shape index (κ1) is 19.7. The number of aryl methyl sites for hydroxylation is 1. The van der Waals surface area contributed by atoms with Crippen LogP contribution in [0.5, 0.6) is 0 Å². The van der Waals surface area contributed by atoms with Gasteiger partial charge in [0.1, 0.15) is 5.76 Å². The van der Waals surface area contributed by atoms with Gasteiger partial charge < -0.3 is 19.5 Å². The minimum Gasteiger partial charge on any atom is -0.466 e. The number of ether oxygens (including phenoxy) is 1. The van der Waals surface area contributed by atoms with Gasteiger partial charge in [0.05, 0.1) is 19.6 Å². The van der Waals surface area contributed by atoms with Gasteiger partial charge in [0.2, 0.25) is 11.8 Å². The Morgan fingerprint density at radius 2 is 2.04 bits per heavy atom. The average Bonchev–Trinajstić information content (AvgIpc) is 2.94. The van der Waals surface area contributed by atoms with Crippen LogP contribution in [0, 0.1) is 6.92 Å². The monoisotopic (exact) mass is 339 g/mol. The van der Waals surface area contributed by atoms with Gasteiger partial charge in [-0.15, -0.1) is 0 Å². The van der Waals surface area contributed by atoms with Crippen molar-refractivity contribution in [1.82, 2.24) is 10.1 Å². The third-order valence-corrected chi connectivity index (χ3v) is 3.21. The SMILES string of the molecule is CCCCN(CC(=O)Nc1cc(C)on1)C(=O)CCC(=O)OCC. The first-order valence-corrected chi connectivity index (χ1v) is 8.12. The van der Waals surface area contributed by atoms with Gasteiger partial charge in [-0.2, -0.15) is 0 Å². The molecule has 0 radical (unpaired) electrons. The quantitative estimate of drug-likeness (QED) is 0.653. The Morgan fingerprint density at radius 3 is 2.62 bits per heavy atom. The first-order valence-electron chi connectivity index (χ1n) is 8.12. The predicted octanol–water partition coefficient (Wildman–Crippen LogP) is 1.89. The van der Waals surface area contributed by atoms with Crippen LogP contribution in [-0.4, -0.2) is 47.5 Å². The van der Waals surface area contributed by atoms with E-state index in [4.69, 9.17) is 9.26 Å². The average molecular weight is 339 g/mol. The summed E-state index contributed by atoms with van der Waals surface area (Å²) in [5, 5.41) is 6.26. The summed E-state index contributed by atoms with van der Waals surface area (Å²) in [6, 6.07) is 1.59. The van der Waals surface area contributed by atoms with Crippen LogP contribution < -0.4 is 5.32 Å². The zero-order valence-electron chi connectivity index (χ0n) is 14.5. The van der Waals surface area contributed by atoms with E-state index in [2.05, 4.69) is 10.5 Å². The highest BCUT2D eigenvalue weighted by atomic mass is 16.5. The van der Waals surface area contributed by atoms with Crippen LogP contribution in [0.25, 0.3) is 0 Å². The molecule has 0 unspecified atom stereocenters. The second-order valence-electron chi connectivity index (χ2n) is 5.34. The van der Waals surface area contributed by atoms with Crippen molar-refractivity contribution in [1.29, 1.82) is 0 Å². The van der Waals surface area contributed by atoms with Gasteiger partial charge in [-0.05, 0) is 20.3 Å². The van der Waals surface area contributed by atoms with Crippen LogP contribution in [0.3, 0.4) is 0 Å². The topological polar surface area (TPSA) is 102 Å². The maximum atomic E-state index is 12.3. The molecular weight excluding hydrogens is 314 g/mol. The Kier molecular flexibility index (Phi) is 8.53. The molecule has 24 heavy (non-hydrogen) atoms. The van der Waals surface area contributed by atoms with E-state index < -0.39 is 5.97 Å². The maximum Gasteiger partial charge on any atom is 0.306 e. The number of unbranched alkanes of at least 4 members (excludes halogenated alkanes) is 1. The van der Waals surface area contributed by atoms with Crippen molar-refractivity contribution in [2.24, 2.45) is 0 Å². The number of esters is 1. The van der Waals surface area contributed by atoms with Crippen molar-refractivity contribution in [3.05, 3.63) is 11.8 Å². The fourth-order valence-electron chi connectivity index (χ4n) is 2.02. The van der Waals surface area contributed by atoms with E-state index in [-0.39, 0.29) is 37.8 Å². The number of nitrogens with one attached hydrogen (secondary N) is 1. The summed E-state index contributed by atoms with van der Waals surface area (Å²) in [4.78, 5) is 37.1. The van der Waals surface area contributed by atoms with Crippen molar-refractivity contribution in [2.75, 3.05) is 25.0 Å². The molecule has 0 atom stereocenters. The number of carbonyl (C=O) groups excluding carboxylic acids is 3. The van der Waals surface area contributed by atoms with Crippen molar-refractivity contribution >= 4 is 23.6 Å². The number of hydrogen-bond acceptors (Lipinski definition) is 6. The van der Waals surface area contributed by atoms with Gasteiger partial charge in [-0.3, -0.25) is 14.4 Å². The van der Waals surface area contributed by atoms with E-state index in [0.29, 0.717) is 18.1 Å². The number of amides is 2. The molecule has 1 aromatic rings. The lowest BCUT2D eigenvalue weighted by Gasteiger charge is -2.21. The molecule has 0 saturated carbocycles. The largest absolute Gasteiger partial charge is 0.466 e. The lowest BCUT2D eigenvalue weighted by atomic mass is 10.2. The third kappa shape index (κ3) is 7.26. The van der Waals surface area contributed by atoms with Gasteiger partial charge in [0.15, 0.2) is 5.82 Å². The van der Waals surface area contributed by atoms with Gasteiger partial charge in [0, 0.05) is 19.0 Å². The molecule has 0 aliphatic carbocycles.